The Morgan fingerprint density at radius 2 is 2.16 bits per heavy atom. The summed E-state index contributed by atoms with van der Waals surface area (Å²) < 4.78 is 22.8. The third-order valence-electron chi connectivity index (χ3n) is 3.33. The van der Waals surface area contributed by atoms with Crippen LogP contribution in [0.5, 0.6) is 0 Å². The van der Waals surface area contributed by atoms with Crippen molar-refractivity contribution in [1.82, 2.24) is 9.97 Å². The summed E-state index contributed by atoms with van der Waals surface area (Å²) in [6.07, 6.45) is 1.43. The predicted molar refractivity (Wildman–Crippen MR) is 76.4 cm³/mol. The number of nitrogens with zero attached hydrogens (tertiary/aromatic N) is 2. The van der Waals surface area contributed by atoms with Crippen LogP contribution in [0.3, 0.4) is 0 Å². The molecule has 1 N–H and O–H groups in total. The molecule has 106 valence electrons. The van der Waals surface area contributed by atoms with Gasteiger partial charge in [0.2, 0.25) is 0 Å². The summed E-state index contributed by atoms with van der Waals surface area (Å²) in [5.74, 6) is 2.11. The molecule has 19 heavy (non-hydrogen) atoms. The number of sulfone groups is 1. The van der Waals surface area contributed by atoms with E-state index in [-0.39, 0.29) is 11.7 Å². The van der Waals surface area contributed by atoms with E-state index in [9.17, 15) is 8.42 Å². The Morgan fingerprint density at radius 3 is 2.74 bits per heavy atom. The molecule has 1 aromatic heterocycles. The molecule has 0 aliphatic carbocycles. The first-order valence-electron chi connectivity index (χ1n) is 6.38. The first-order chi connectivity index (χ1) is 8.91. The fourth-order valence-electron chi connectivity index (χ4n) is 2.14. The molecular weight excluding hydrogens is 286 g/mol. The lowest BCUT2D eigenvalue weighted by Gasteiger charge is -2.13. The predicted octanol–water partition coefficient (Wildman–Crippen LogP) is 1.85. The normalized spacial score (nSPS) is 21.5. The largest absolute Gasteiger partial charge is 0.369 e. The van der Waals surface area contributed by atoms with Gasteiger partial charge in [-0.2, -0.15) is 0 Å². The number of hydrogen-bond acceptors (Lipinski definition) is 5. The van der Waals surface area contributed by atoms with Gasteiger partial charge in [0.05, 0.1) is 11.5 Å². The molecule has 0 amide bonds. The molecule has 7 heteroatoms. The number of halogens is 1. The van der Waals surface area contributed by atoms with Crippen molar-refractivity contribution in [2.24, 2.45) is 5.92 Å². The van der Waals surface area contributed by atoms with Crippen molar-refractivity contribution in [3.8, 4) is 0 Å². The van der Waals surface area contributed by atoms with E-state index in [1.54, 1.807) is 0 Å². The Labute approximate surface area is 118 Å². The maximum Gasteiger partial charge on any atom is 0.150 e. The standard InChI is InChI=1S/C12H18ClN3O2S/c1-3-10-15-11(13)8(2)12(16-10)14-6-9-4-5-19(17,18)7-9/h9H,3-7H2,1-2H3,(H,14,15,16). The van der Waals surface area contributed by atoms with Gasteiger partial charge < -0.3 is 5.32 Å². The lowest BCUT2D eigenvalue weighted by molar-refractivity contribution is 0.595. The van der Waals surface area contributed by atoms with Gasteiger partial charge in [0, 0.05) is 18.5 Å². The summed E-state index contributed by atoms with van der Waals surface area (Å²) >= 11 is 6.05. The fraction of sp³-hybridized carbons (Fsp3) is 0.667. The van der Waals surface area contributed by atoms with Crippen LogP contribution in [0.2, 0.25) is 5.15 Å². The Morgan fingerprint density at radius 1 is 1.42 bits per heavy atom. The summed E-state index contributed by atoms with van der Waals surface area (Å²) in [7, 11) is -2.83. The average Bonchev–Trinajstić information content (AvgIpc) is 2.70. The maximum absolute atomic E-state index is 11.4. The van der Waals surface area contributed by atoms with Crippen LogP contribution >= 0.6 is 11.6 Å². The van der Waals surface area contributed by atoms with Gasteiger partial charge in [-0.3, -0.25) is 0 Å². The molecule has 0 radical (unpaired) electrons. The zero-order valence-corrected chi connectivity index (χ0v) is 12.7. The van der Waals surface area contributed by atoms with E-state index in [4.69, 9.17) is 11.6 Å². The Balaban J connectivity index is 2.05. The van der Waals surface area contributed by atoms with Gasteiger partial charge in [-0.1, -0.05) is 18.5 Å². The summed E-state index contributed by atoms with van der Waals surface area (Å²) in [4.78, 5) is 8.57. The molecule has 0 aromatic carbocycles. The van der Waals surface area contributed by atoms with Gasteiger partial charge in [0.15, 0.2) is 9.84 Å². The average molecular weight is 304 g/mol. The van der Waals surface area contributed by atoms with Gasteiger partial charge in [-0.05, 0) is 19.3 Å². The molecule has 2 heterocycles. The molecule has 1 fully saturated rings. The zero-order valence-electron chi connectivity index (χ0n) is 11.1. The monoisotopic (exact) mass is 303 g/mol. The highest BCUT2D eigenvalue weighted by molar-refractivity contribution is 7.91. The van der Waals surface area contributed by atoms with Crippen molar-refractivity contribution < 1.29 is 8.42 Å². The third-order valence-corrected chi connectivity index (χ3v) is 5.54. The Kier molecular flexibility index (Phi) is 4.30. The highest BCUT2D eigenvalue weighted by Gasteiger charge is 2.27. The smallest absolute Gasteiger partial charge is 0.150 e. The molecule has 0 saturated carbocycles. The molecule has 1 unspecified atom stereocenters. The molecule has 1 aliphatic heterocycles. The van der Waals surface area contributed by atoms with Crippen LogP contribution < -0.4 is 5.32 Å². The SMILES string of the molecule is CCc1nc(Cl)c(C)c(NCC2CCS(=O)(=O)C2)n1. The van der Waals surface area contributed by atoms with E-state index < -0.39 is 9.84 Å². The molecule has 0 bridgehead atoms. The molecule has 1 atom stereocenters. The molecular formula is C12H18ClN3O2S. The lowest BCUT2D eigenvalue weighted by atomic mass is 10.1. The van der Waals surface area contributed by atoms with Crippen molar-refractivity contribution in [1.29, 1.82) is 0 Å². The molecule has 1 saturated heterocycles. The van der Waals surface area contributed by atoms with E-state index in [0.29, 0.717) is 41.9 Å². The molecule has 5 nitrogen and oxygen atoms in total. The van der Waals surface area contributed by atoms with Gasteiger partial charge in [-0.15, -0.1) is 0 Å². The van der Waals surface area contributed by atoms with E-state index in [0.717, 1.165) is 5.56 Å². The quantitative estimate of drug-likeness (QED) is 0.859. The van der Waals surface area contributed by atoms with E-state index >= 15 is 0 Å². The summed E-state index contributed by atoms with van der Waals surface area (Å²) in [5, 5.41) is 3.66. The van der Waals surface area contributed by atoms with Crippen molar-refractivity contribution in [2.75, 3.05) is 23.4 Å². The van der Waals surface area contributed by atoms with Crippen molar-refractivity contribution in [3.05, 3.63) is 16.5 Å². The van der Waals surface area contributed by atoms with Crippen LogP contribution in [-0.2, 0) is 16.3 Å². The number of aromatic nitrogens is 2. The fourth-order valence-corrected chi connectivity index (χ4v) is 4.19. The van der Waals surface area contributed by atoms with E-state index in [2.05, 4.69) is 15.3 Å². The van der Waals surface area contributed by atoms with Crippen LogP contribution in [0, 0.1) is 12.8 Å². The van der Waals surface area contributed by atoms with E-state index in [1.807, 2.05) is 13.8 Å². The van der Waals surface area contributed by atoms with Gasteiger partial charge >= 0.3 is 0 Å². The summed E-state index contributed by atoms with van der Waals surface area (Å²) in [6.45, 7) is 4.43. The van der Waals surface area contributed by atoms with Crippen LogP contribution in [0.15, 0.2) is 0 Å². The maximum atomic E-state index is 11.4. The van der Waals surface area contributed by atoms with Gasteiger partial charge in [0.1, 0.15) is 16.8 Å². The van der Waals surface area contributed by atoms with Crippen molar-refractivity contribution in [3.63, 3.8) is 0 Å². The van der Waals surface area contributed by atoms with Crippen LogP contribution in [0.25, 0.3) is 0 Å². The first kappa shape index (κ1) is 14.5. The zero-order chi connectivity index (χ0) is 14.0. The van der Waals surface area contributed by atoms with Crippen molar-refractivity contribution >= 4 is 27.3 Å². The highest BCUT2D eigenvalue weighted by Crippen LogP contribution is 2.22. The number of hydrogen-bond donors (Lipinski definition) is 1. The number of anilines is 1. The van der Waals surface area contributed by atoms with Crippen LogP contribution in [0.4, 0.5) is 5.82 Å². The second-order valence-corrected chi connectivity index (χ2v) is 7.49. The van der Waals surface area contributed by atoms with Gasteiger partial charge in [-0.25, -0.2) is 18.4 Å². The third kappa shape index (κ3) is 3.57. The number of rotatable bonds is 4. The van der Waals surface area contributed by atoms with Crippen molar-refractivity contribution in [2.45, 2.75) is 26.7 Å². The topological polar surface area (TPSA) is 72.0 Å². The number of aryl methyl sites for hydroxylation is 1. The van der Waals surface area contributed by atoms with Gasteiger partial charge in [0.25, 0.3) is 0 Å². The first-order valence-corrected chi connectivity index (χ1v) is 8.58. The van der Waals surface area contributed by atoms with Crippen LogP contribution in [-0.4, -0.2) is 36.4 Å². The molecule has 1 aromatic rings. The Bertz CT molecular complexity index is 575. The molecule has 2 rings (SSSR count). The molecule has 0 spiro atoms. The second-order valence-electron chi connectivity index (χ2n) is 4.91. The summed E-state index contributed by atoms with van der Waals surface area (Å²) in [5.41, 5.74) is 0.805. The molecule has 1 aliphatic rings. The van der Waals surface area contributed by atoms with Crippen LogP contribution in [0.1, 0.15) is 24.7 Å². The minimum Gasteiger partial charge on any atom is -0.369 e. The Hall–Kier alpha value is -0.880. The minimum absolute atomic E-state index is 0.156. The lowest BCUT2D eigenvalue weighted by Crippen LogP contribution is -2.17. The summed E-state index contributed by atoms with van der Waals surface area (Å²) in [6, 6.07) is 0. The second kappa shape index (κ2) is 5.63. The highest BCUT2D eigenvalue weighted by atomic mass is 35.5. The van der Waals surface area contributed by atoms with E-state index in [1.165, 1.54) is 0 Å². The minimum atomic E-state index is -2.83. The number of nitrogens with one attached hydrogen (secondary N) is 1.